The lowest BCUT2D eigenvalue weighted by molar-refractivity contribution is 0.0631. The molecule has 0 atom stereocenters. The molecule has 6 nitrogen and oxygen atoms in total. The average molecular weight is 322 g/mol. The van der Waals surface area contributed by atoms with Crippen LogP contribution in [0.3, 0.4) is 0 Å². The summed E-state index contributed by atoms with van der Waals surface area (Å²) in [7, 11) is 1.75. The van der Waals surface area contributed by atoms with Crippen molar-refractivity contribution in [2.45, 2.75) is 39.7 Å². The van der Waals surface area contributed by atoms with Gasteiger partial charge in [-0.25, -0.2) is 0 Å². The highest BCUT2D eigenvalue weighted by Gasteiger charge is 2.24. The molecule has 0 radical (unpaired) electrons. The molecule has 0 spiro atoms. The van der Waals surface area contributed by atoms with Crippen molar-refractivity contribution in [3.63, 3.8) is 0 Å². The van der Waals surface area contributed by atoms with Gasteiger partial charge in [-0.05, 0) is 32.7 Å². The van der Waals surface area contributed by atoms with E-state index in [0.717, 1.165) is 76.4 Å². The standard InChI is InChI=1S/C17H30N4O2/c1-4-7-21-14-16(15(2)18-21)17(22)20-11-9-19(10-12-20)8-5-6-13-23-3/h14H,4-13H2,1-3H3. The molecule has 0 aromatic carbocycles. The van der Waals surface area contributed by atoms with Crippen LogP contribution in [0.15, 0.2) is 6.20 Å². The molecular weight excluding hydrogens is 292 g/mol. The Morgan fingerprint density at radius 2 is 1.96 bits per heavy atom. The zero-order valence-electron chi connectivity index (χ0n) is 14.8. The van der Waals surface area contributed by atoms with Gasteiger partial charge < -0.3 is 9.64 Å². The number of unbranched alkanes of at least 4 members (excludes halogenated alkanes) is 1. The molecule has 6 heteroatoms. The fraction of sp³-hybridized carbons (Fsp3) is 0.765. The third-order valence-corrected chi connectivity index (χ3v) is 4.36. The minimum absolute atomic E-state index is 0.129. The van der Waals surface area contributed by atoms with E-state index in [1.54, 1.807) is 7.11 Å². The van der Waals surface area contributed by atoms with Gasteiger partial charge in [-0.1, -0.05) is 6.92 Å². The Morgan fingerprint density at radius 3 is 2.61 bits per heavy atom. The lowest BCUT2D eigenvalue weighted by Crippen LogP contribution is -2.48. The highest BCUT2D eigenvalue weighted by atomic mass is 16.5. The van der Waals surface area contributed by atoms with Gasteiger partial charge in [0.25, 0.3) is 5.91 Å². The maximum absolute atomic E-state index is 12.7. The van der Waals surface area contributed by atoms with E-state index >= 15 is 0 Å². The molecule has 1 aromatic heterocycles. The summed E-state index contributed by atoms with van der Waals surface area (Å²) >= 11 is 0. The SMILES string of the molecule is CCCn1cc(C(=O)N2CCN(CCCCOC)CC2)c(C)n1. The van der Waals surface area contributed by atoms with Crippen molar-refractivity contribution >= 4 is 5.91 Å². The summed E-state index contributed by atoms with van der Waals surface area (Å²) in [5.41, 5.74) is 1.59. The Morgan fingerprint density at radius 1 is 1.22 bits per heavy atom. The third-order valence-electron chi connectivity index (χ3n) is 4.36. The van der Waals surface area contributed by atoms with Gasteiger partial charge in [0.1, 0.15) is 0 Å². The number of aromatic nitrogens is 2. The Labute approximate surface area is 139 Å². The molecule has 23 heavy (non-hydrogen) atoms. The van der Waals surface area contributed by atoms with Crippen LogP contribution in [0, 0.1) is 6.92 Å². The Balaban J connectivity index is 1.81. The predicted molar refractivity (Wildman–Crippen MR) is 90.7 cm³/mol. The predicted octanol–water partition coefficient (Wildman–Crippen LogP) is 1.79. The molecule has 0 unspecified atom stereocenters. The maximum atomic E-state index is 12.7. The van der Waals surface area contributed by atoms with Crippen LogP contribution in [-0.4, -0.2) is 71.9 Å². The van der Waals surface area contributed by atoms with Crippen molar-refractivity contribution in [2.24, 2.45) is 0 Å². The molecule has 0 bridgehead atoms. The zero-order chi connectivity index (χ0) is 16.7. The largest absolute Gasteiger partial charge is 0.385 e. The zero-order valence-corrected chi connectivity index (χ0v) is 14.8. The number of carbonyl (C=O) groups is 1. The summed E-state index contributed by atoms with van der Waals surface area (Å²) in [5.74, 6) is 0.129. The number of piperazine rings is 1. The van der Waals surface area contributed by atoms with Crippen molar-refractivity contribution in [3.8, 4) is 0 Å². The molecule has 1 aliphatic heterocycles. The number of methoxy groups -OCH3 is 1. The van der Waals surface area contributed by atoms with Crippen LogP contribution in [0.2, 0.25) is 0 Å². The van der Waals surface area contributed by atoms with Crippen molar-refractivity contribution in [3.05, 3.63) is 17.5 Å². The normalized spacial score (nSPS) is 16.0. The Bertz CT molecular complexity index is 493. The Kier molecular flexibility index (Phi) is 7.05. The molecule has 0 aliphatic carbocycles. The summed E-state index contributed by atoms with van der Waals surface area (Å²) in [6.45, 7) is 10.4. The molecule has 130 valence electrons. The van der Waals surface area contributed by atoms with Crippen LogP contribution in [0.25, 0.3) is 0 Å². The first kappa shape index (κ1) is 17.9. The number of rotatable bonds is 8. The smallest absolute Gasteiger partial charge is 0.257 e. The summed E-state index contributed by atoms with van der Waals surface area (Å²) in [6.07, 6.45) is 5.19. The number of hydrogen-bond acceptors (Lipinski definition) is 4. The number of carbonyl (C=O) groups excluding carboxylic acids is 1. The first-order valence-corrected chi connectivity index (χ1v) is 8.70. The van der Waals surface area contributed by atoms with E-state index in [-0.39, 0.29) is 5.91 Å². The van der Waals surface area contributed by atoms with Crippen molar-refractivity contribution < 1.29 is 9.53 Å². The lowest BCUT2D eigenvalue weighted by atomic mass is 10.2. The fourth-order valence-electron chi connectivity index (χ4n) is 3.00. The first-order chi connectivity index (χ1) is 11.2. The molecule has 2 rings (SSSR count). The quantitative estimate of drug-likeness (QED) is 0.685. The van der Waals surface area contributed by atoms with Gasteiger partial charge in [-0.3, -0.25) is 14.4 Å². The van der Waals surface area contributed by atoms with E-state index < -0.39 is 0 Å². The monoisotopic (exact) mass is 322 g/mol. The molecule has 1 aromatic rings. The van der Waals surface area contributed by atoms with E-state index in [9.17, 15) is 4.79 Å². The van der Waals surface area contributed by atoms with Gasteiger partial charge in [-0.15, -0.1) is 0 Å². The molecule has 0 saturated carbocycles. The fourth-order valence-corrected chi connectivity index (χ4v) is 3.00. The second kappa shape index (κ2) is 9.03. The van der Waals surface area contributed by atoms with Crippen LogP contribution >= 0.6 is 0 Å². The van der Waals surface area contributed by atoms with Crippen LogP contribution in [0.1, 0.15) is 42.2 Å². The number of ether oxygens (including phenoxy) is 1. The summed E-state index contributed by atoms with van der Waals surface area (Å²) in [4.78, 5) is 17.1. The van der Waals surface area contributed by atoms with E-state index in [0.29, 0.717) is 0 Å². The Hall–Kier alpha value is -1.40. The van der Waals surface area contributed by atoms with E-state index in [1.807, 2.05) is 22.7 Å². The third kappa shape index (κ3) is 5.04. The summed E-state index contributed by atoms with van der Waals surface area (Å²) < 4.78 is 6.96. The van der Waals surface area contributed by atoms with Crippen LogP contribution < -0.4 is 0 Å². The number of amides is 1. The van der Waals surface area contributed by atoms with Gasteiger partial charge in [-0.2, -0.15) is 5.10 Å². The van der Waals surface area contributed by atoms with Gasteiger partial charge in [0.05, 0.1) is 11.3 Å². The van der Waals surface area contributed by atoms with E-state index in [2.05, 4.69) is 16.9 Å². The first-order valence-electron chi connectivity index (χ1n) is 8.70. The molecule has 0 N–H and O–H groups in total. The van der Waals surface area contributed by atoms with Gasteiger partial charge in [0, 0.05) is 52.6 Å². The number of hydrogen-bond donors (Lipinski definition) is 0. The summed E-state index contributed by atoms with van der Waals surface area (Å²) in [5, 5.41) is 4.44. The van der Waals surface area contributed by atoms with Crippen LogP contribution in [-0.2, 0) is 11.3 Å². The molecule has 1 aliphatic rings. The lowest BCUT2D eigenvalue weighted by Gasteiger charge is -2.34. The maximum Gasteiger partial charge on any atom is 0.257 e. The molecule has 2 heterocycles. The van der Waals surface area contributed by atoms with E-state index in [1.165, 1.54) is 0 Å². The average Bonchev–Trinajstić information content (AvgIpc) is 2.92. The van der Waals surface area contributed by atoms with E-state index in [4.69, 9.17) is 4.74 Å². The number of nitrogens with zero attached hydrogens (tertiary/aromatic N) is 4. The van der Waals surface area contributed by atoms with Gasteiger partial charge in [0.15, 0.2) is 0 Å². The highest BCUT2D eigenvalue weighted by Crippen LogP contribution is 2.13. The van der Waals surface area contributed by atoms with Crippen molar-refractivity contribution in [1.82, 2.24) is 19.6 Å². The van der Waals surface area contributed by atoms with Crippen LogP contribution in [0.4, 0.5) is 0 Å². The second-order valence-electron chi connectivity index (χ2n) is 6.23. The van der Waals surface area contributed by atoms with Gasteiger partial charge >= 0.3 is 0 Å². The second-order valence-corrected chi connectivity index (χ2v) is 6.23. The molecular formula is C17H30N4O2. The molecule has 1 saturated heterocycles. The number of aryl methyl sites for hydroxylation is 2. The molecule has 1 amide bonds. The minimum Gasteiger partial charge on any atom is -0.385 e. The van der Waals surface area contributed by atoms with Crippen molar-refractivity contribution in [2.75, 3.05) is 46.4 Å². The van der Waals surface area contributed by atoms with Crippen molar-refractivity contribution in [1.29, 1.82) is 0 Å². The van der Waals surface area contributed by atoms with Crippen LogP contribution in [0.5, 0.6) is 0 Å². The van der Waals surface area contributed by atoms with Gasteiger partial charge in [0.2, 0.25) is 0 Å². The highest BCUT2D eigenvalue weighted by molar-refractivity contribution is 5.95. The summed E-state index contributed by atoms with van der Waals surface area (Å²) in [6, 6.07) is 0. The molecule has 1 fully saturated rings. The topological polar surface area (TPSA) is 50.6 Å². The minimum atomic E-state index is 0.129.